The normalized spacial score (nSPS) is 26.1. The Labute approximate surface area is 83.5 Å². The molecule has 0 amide bonds. The predicted molar refractivity (Wildman–Crippen MR) is 56.0 cm³/mol. The lowest BCUT2D eigenvalue weighted by molar-refractivity contribution is 0.202. The van der Waals surface area contributed by atoms with Crippen LogP contribution in [0.2, 0.25) is 0 Å². The van der Waals surface area contributed by atoms with Crippen LogP contribution >= 0.6 is 0 Å². The van der Waals surface area contributed by atoms with Gasteiger partial charge in [-0.2, -0.15) is 0 Å². The highest BCUT2D eigenvalue weighted by Gasteiger charge is 2.13. The number of aliphatic hydroxyl groups is 1. The van der Waals surface area contributed by atoms with Crippen molar-refractivity contribution in [3.8, 4) is 0 Å². The summed E-state index contributed by atoms with van der Waals surface area (Å²) in [6, 6.07) is 6.09. The van der Waals surface area contributed by atoms with Gasteiger partial charge in [0.2, 0.25) is 0 Å². The van der Waals surface area contributed by atoms with E-state index in [9.17, 15) is 5.11 Å². The lowest BCUT2D eigenvalue weighted by Gasteiger charge is -2.21. The van der Waals surface area contributed by atoms with E-state index in [1.165, 1.54) is 0 Å². The maximum Gasteiger partial charge on any atom is 0.126 e. The summed E-state index contributed by atoms with van der Waals surface area (Å²) in [5, 5.41) is 12.6. The number of pyridine rings is 1. The molecule has 0 spiro atoms. The summed E-state index contributed by atoms with van der Waals surface area (Å²) >= 11 is 0. The molecular weight excluding hydrogens is 176 g/mol. The second-order valence-electron chi connectivity index (χ2n) is 3.50. The van der Waals surface area contributed by atoms with Gasteiger partial charge in [0, 0.05) is 12.2 Å². The summed E-state index contributed by atoms with van der Waals surface area (Å²) in [5.74, 6) is 0.888. The Morgan fingerprint density at radius 1 is 1.29 bits per heavy atom. The molecule has 0 radical (unpaired) electrons. The second-order valence-corrected chi connectivity index (χ2v) is 3.50. The van der Waals surface area contributed by atoms with E-state index in [0.717, 1.165) is 18.7 Å². The smallest absolute Gasteiger partial charge is 0.126 e. The molecule has 0 unspecified atom stereocenters. The molecule has 1 heterocycles. The van der Waals surface area contributed by atoms with Gasteiger partial charge in [-0.25, -0.2) is 4.98 Å². The maximum absolute atomic E-state index is 9.26. The van der Waals surface area contributed by atoms with Gasteiger partial charge in [0.05, 0.1) is 6.10 Å². The first-order valence-electron chi connectivity index (χ1n) is 4.88. The third kappa shape index (κ3) is 2.33. The quantitative estimate of drug-likeness (QED) is 0.696. The lowest BCUT2D eigenvalue weighted by atomic mass is 10.0. The molecule has 1 aromatic heterocycles. The van der Waals surface area contributed by atoms with Gasteiger partial charge in [-0.1, -0.05) is 18.2 Å². The minimum absolute atomic E-state index is 0.267. The van der Waals surface area contributed by atoms with Crippen molar-refractivity contribution in [1.29, 1.82) is 0 Å². The zero-order valence-corrected chi connectivity index (χ0v) is 7.93. The number of hydrogen-bond donors (Lipinski definition) is 2. The summed E-state index contributed by atoms with van der Waals surface area (Å²) in [5.41, 5.74) is 0. The Morgan fingerprint density at radius 2 is 2.21 bits per heavy atom. The fraction of sp³-hybridized carbons (Fsp3) is 0.364. The molecule has 0 saturated carbocycles. The second kappa shape index (κ2) is 4.24. The molecule has 0 aromatic carbocycles. The van der Waals surface area contributed by atoms with Crippen LogP contribution in [0.3, 0.4) is 0 Å². The molecule has 1 aliphatic carbocycles. The van der Waals surface area contributed by atoms with Gasteiger partial charge in [0.1, 0.15) is 5.82 Å². The highest BCUT2D eigenvalue weighted by Crippen LogP contribution is 2.14. The molecule has 0 fully saturated rings. The molecule has 74 valence electrons. The van der Waals surface area contributed by atoms with Gasteiger partial charge < -0.3 is 10.4 Å². The maximum atomic E-state index is 9.26. The van der Waals surface area contributed by atoms with Crippen LogP contribution in [0, 0.1) is 0 Å². The topological polar surface area (TPSA) is 45.1 Å². The average molecular weight is 190 g/mol. The standard InChI is InChI=1S/C11H14N2O/c14-10-6-4-9(5-7-10)13-11-3-1-2-8-12-11/h1-4,6,8-10,14H,5,7H2,(H,12,13)/t9-,10+/m0/s1. The van der Waals surface area contributed by atoms with E-state index >= 15 is 0 Å². The Balaban J connectivity index is 1.96. The van der Waals surface area contributed by atoms with E-state index in [0.29, 0.717) is 6.04 Å². The summed E-state index contributed by atoms with van der Waals surface area (Å²) in [4.78, 5) is 4.18. The van der Waals surface area contributed by atoms with Crippen molar-refractivity contribution in [3.63, 3.8) is 0 Å². The minimum atomic E-state index is -0.267. The van der Waals surface area contributed by atoms with E-state index in [1.807, 2.05) is 30.4 Å². The van der Waals surface area contributed by atoms with Gasteiger partial charge in [0.15, 0.2) is 0 Å². The van der Waals surface area contributed by atoms with Gasteiger partial charge in [0.25, 0.3) is 0 Å². The summed E-state index contributed by atoms with van der Waals surface area (Å²) < 4.78 is 0. The fourth-order valence-electron chi connectivity index (χ4n) is 1.56. The summed E-state index contributed by atoms with van der Waals surface area (Å²) in [7, 11) is 0. The predicted octanol–water partition coefficient (Wildman–Crippen LogP) is 1.57. The zero-order chi connectivity index (χ0) is 9.80. The number of anilines is 1. The molecule has 1 aromatic rings. The molecule has 3 nitrogen and oxygen atoms in total. The monoisotopic (exact) mass is 190 g/mol. The van der Waals surface area contributed by atoms with Crippen LogP contribution in [-0.4, -0.2) is 22.2 Å². The van der Waals surface area contributed by atoms with Crippen LogP contribution in [-0.2, 0) is 0 Å². The van der Waals surface area contributed by atoms with E-state index in [2.05, 4.69) is 10.3 Å². The van der Waals surface area contributed by atoms with Gasteiger partial charge in [-0.15, -0.1) is 0 Å². The third-order valence-corrected chi connectivity index (χ3v) is 2.34. The van der Waals surface area contributed by atoms with Crippen LogP contribution in [0.25, 0.3) is 0 Å². The van der Waals surface area contributed by atoms with E-state index in [1.54, 1.807) is 6.20 Å². The highest BCUT2D eigenvalue weighted by atomic mass is 16.3. The number of nitrogens with one attached hydrogen (secondary N) is 1. The van der Waals surface area contributed by atoms with Gasteiger partial charge in [-0.3, -0.25) is 0 Å². The molecule has 2 rings (SSSR count). The first-order valence-corrected chi connectivity index (χ1v) is 4.88. The summed E-state index contributed by atoms with van der Waals surface area (Å²) in [6.07, 6.45) is 7.11. The van der Waals surface area contributed by atoms with Crippen molar-refractivity contribution in [2.75, 3.05) is 5.32 Å². The van der Waals surface area contributed by atoms with Crippen molar-refractivity contribution in [2.45, 2.75) is 25.0 Å². The molecule has 14 heavy (non-hydrogen) atoms. The van der Waals surface area contributed by atoms with Crippen LogP contribution in [0.1, 0.15) is 12.8 Å². The number of hydrogen-bond acceptors (Lipinski definition) is 3. The Bertz CT molecular complexity index is 310. The minimum Gasteiger partial charge on any atom is -0.389 e. The molecule has 2 N–H and O–H groups in total. The van der Waals surface area contributed by atoms with Crippen molar-refractivity contribution in [3.05, 3.63) is 36.5 Å². The molecule has 0 bridgehead atoms. The number of aromatic nitrogens is 1. The SMILES string of the molecule is O[C@@H]1C=C[C@H](Nc2ccccn2)CC1. The summed E-state index contributed by atoms with van der Waals surface area (Å²) in [6.45, 7) is 0. The van der Waals surface area contributed by atoms with Crippen molar-refractivity contribution in [2.24, 2.45) is 0 Å². The fourth-order valence-corrected chi connectivity index (χ4v) is 1.56. The Morgan fingerprint density at radius 3 is 2.86 bits per heavy atom. The highest BCUT2D eigenvalue weighted by molar-refractivity contribution is 5.36. The molecule has 3 heteroatoms. The first-order chi connectivity index (χ1) is 6.84. The molecular formula is C11H14N2O. The Kier molecular flexibility index (Phi) is 2.79. The van der Waals surface area contributed by atoms with Crippen LogP contribution in [0.4, 0.5) is 5.82 Å². The van der Waals surface area contributed by atoms with Crippen molar-refractivity contribution >= 4 is 5.82 Å². The van der Waals surface area contributed by atoms with Crippen LogP contribution < -0.4 is 5.32 Å². The van der Waals surface area contributed by atoms with E-state index in [-0.39, 0.29) is 6.10 Å². The van der Waals surface area contributed by atoms with E-state index in [4.69, 9.17) is 0 Å². The van der Waals surface area contributed by atoms with Crippen molar-refractivity contribution in [1.82, 2.24) is 4.98 Å². The average Bonchev–Trinajstić information content (AvgIpc) is 2.23. The first kappa shape index (κ1) is 9.21. The number of rotatable bonds is 2. The molecule has 0 aliphatic heterocycles. The van der Waals surface area contributed by atoms with Crippen LogP contribution in [0.5, 0.6) is 0 Å². The van der Waals surface area contributed by atoms with Crippen LogP contribution in [0.15, 0.2) is 36.5 Å². The Hall–Kier alpha value is -1.35. The molecule has 0 saturated heterocycles. The van der Waals surface area contributed by atoms with Crippen molar-refractivity contribution < 1.29 is 5.11 Å². The van der Waals surface area contributed by atoms with E-state index < -0.39 is 0 Å². The lowest BCUT2D eigenvalue weighted by Crippen LogP contribution is -2.23. The molecule has 2 atom stereocenters. The molecule has 1 aliphatic rings. The number of aliphatic hydroxyl groups excluding tert-OH is 1. The van der Waals surface area contributed by atoms with Gasteiger partial charge in [-0.05, 0) is 25.0 Å². The van der Waals surface area contributed by atoms with Gasteiger partial charge >= 0.3 is 0 Å². The number of nitrogens with zero attached hydrogens (tertiary/aromatic N) is 1. The zero-order valence-electron chi connectivity index (χ0n) is 7.93. The third-order valence-electron chi connectivity index (χ3n) is 2.34. The largest absolute Gasteiger partial charge is 0.389 e.